The maximum atomic E-state index is 12.2. The molecular formula is C7H7FO. The molecule has 1 N–H and O–H groups in total. The van der Waals surface area contributed by atoms with Gasteiger partial charge in [0.2, 0.25) is 0 Å². The molecule has 0 fully saturated rings. The van der Waals surface area contributed by atoms with Gasteiger partial charge in [0.05, 0.1) is 0 Å². The summed E-state index contributed by atoms with van der Waals surface area (Å²) in [6.07, 6.45) is 0. The monoisotopic (exact) mass is 125 g/mol. The predicted octanol–water partition coefficient (Wildman–Crippen LogP) is 1.84. The van der Waals surface area contributed by atoms with E-state index in [-0.39, 0.29) is 5.75 Å². The van der Waals surface area contributed by atoms with Crippen LogP contribution in [0.25, 0.3) is 0 Å². The zero-order valence-electron chi connectivity index (χ0n) is 5.06. The van der Waals surface area contributed by atoms with Crippen LogP contribution in [0.15, 0.2) is 18.2 Å². The van der Waals surface area contributed by atoms with Crippen molar-refractivity contribution in [2.45, 2.75) is 6.92 Å². The van der Waals surface area contributed by atoms with Gasteiger partial charge >= 0.3 is 0 Å². The van der Waals surface area contributed by atoms with Crippen LogP contribution >= 0.6 is 0 Å². The second kappa shape index (κ2) is 2.05. The third kappa shape index (κ3) is 1.19. The van der Waals surface area contributed by atoms with Crippen LogP contribution in [0.1, 0.15) is 5.56 Å². The maximum absolute atomic E-state index is 12.2. The average Bonchev–Trinajstić information content (AvgIpc) is 1.80. The highest BCUT2D eigenvalue weighted by atomic mass is 18.2. The minimum Gasteiger partial charge on any atom is -0.508 e. The van der Waals surface area contributed by atoms with Crippen molar-refractivity contribution < 1.29 is 9.50 Å². The van der Waals surface area contributed by atoms with Crippen LogP contribution in [-0.2, 0) is 0 Å². The van der Waals surface area contributed by atoms with E-state index in [1.807, 2.05) is 0 Å². The Labute approximate surface area is 52.8 Å². The summed E-state index contributed by atoms with van der Waals surface area (Å²) in [6, 6.07) is 3.94. The SMILES string of the molecule is Cc1ccc([18F])cc1O. The fourth-order valence-electron chi connectivity index (χ4n) is 0.583. The molecule has 0 saturated heterocycles. The Morgan fingerprint density at radius 2 is 2.11 bits per heavy atom. The van der Waals surface area contributed by atoms with Gasteiger partial charge in [0.25, 0.3) is 0 Å². The quantitative estimate of drug-likeness (QED) is 0.561. The number of benzene rings is 1. The largest absolute Gasteiger partial charge is 0.508 e. The molecular weight excluding hydrogens is 118 g/mol. The van der Waals surface area contributed by atoms with Crippen molar-refractivity contribution in [3.05, 3.63) is 29.6 Å². The first-order chi connectivity index (χ1) is 4.20. The summed E-state index contributed by atoms with van der Waals surface area (Å²) in [5.74, 6) is -0.395. The van der Waals surface area contributed by atoms with Gasteiger partial charge in [0.1, 0.15) is 11.6 Å². The lowest BCUT2D eigenvalue weighted by Gasteiger charge is -1.94. The Morgan fingerprint density at radius 3 is 2.56 bits per heavy atom. The van der Waals surface area contributed by atoms with Crippen LogP contribution in [0.4, 0.5) is 4.39 Å². The van der Waals surface area contributed by atoms with E-state index in [0.29, 0.717) is 5.56 Å². The molecule has 9 heavy (non-hydrogen) atoms. The molecule has 1 rings (SSSR count). The van der Waals surface area contributed by atoms with Crippen LogP contribution in [0.5, 0.6) is 5.75 Å². The highest BCUT2D eigenvalue weighted by molar-refractivity contribution is 5.30. The third-order valence-electron chi connectivity index (χ3n) is 1.17. The molecule has 1 nitrogen and oxygen atoms in total. The first kappa shape index (κ1) is 6.08. The molecule has 0 aliphatic carbocycles. The number of halogens is 1. The predicted molar refractivity (Wildman–Crippen MR) is 32.8 cm³/mol. The van der Waals surface area contributed by atoms with Gasteiger partial charge in [0, 0.05) is 6.07 Å². The minimum atomic E-state index is -0.405. The van der Waals surface area contributed by atoms with Crippen LogP contribution in [0.3, 0.4) is 0 Å². The molecule has 0 aliphatic heterocycles. The smallest absolute Gasteiger partial charge is 0.126 e. The van der Waals surface area contributed by atoms with Crippen molar-refractivity contribution in [1.82, 2.24) is 0 Å². The average molecular weight is 125 g/mol. The lowest BCUT2D eigenvalue weighted by Crippen LogP contribution is -1.75. The zero-order valence-corrected chi connectivity index (χ0v) is 5.06. The lowest BCUT2D eigenvalue weighted by atomic mass is 10.2. The van der Waals surface area contributed by atoms with Gasteiger partial charge in [-0.05, 0) is 18.6 Å². The van der Waals surface area contributed by atoms with Gasteiger partial charge in [-0.3, -0.25) is 0 Å². The summed E-state index contributed by atoms with van der Waals surface area (Å²) in [7, 11) is 0. The number of hydrogen-bond acceptors (Lipinski definition) is 1. The van der Waals surface area contributed by atoms with Gasteiger partial charge in [-0.1, -0.05) is 6.07 Å². The van der Waals surface area contributed by atoms with Crippen molar-refractivity contribution in [1.29, 1.82) is 0 Å². The molecule has 0 saturated carbocycles. The molecule has 48 valence electrons. The van der Waals surface area contributed by atoms with Crippen LogP contribution in [0, 0.1) is 12.7 Å². The van der Waals surface area contributed by atoms with E-state index in [4.69, 9.17) is 5.11 Å². The molecule has 0 spiro atoms. The van der Waals surface area contributed by atoms with Gasteiger partial charge in [-0.15, -0.1) is 0 Å². The molecule has 1 aromatic carbocycles. The number of phenolic OH excluding ortho intramolecular Hbond substituents is 1. The van der Waals surface area contributed by atoms with Gasteiger partial charge in [-0.2, -0.15) is 0 Å². The first-order valence-electron chi connectivity index (χ1n) is 2.65. The van der Waals surface area contributed by atoms with Crippen LogP contribution in [-0.4, -0.2) is 5.11 Å². The van der Waals surface area contributed by atoms with Crippen LogP contribution in [0.2, 0.25) is 0 Å². The summed E-state index contributed by atoms with van der Waals surface area (Å²) >= 11 is 0. The fraction of sp³-hybridized carbons (Fsp3) is 0.143. The second-order valence-electron chi connectivity index (χ2n) is 1.93. The van der Waals surface area contributed by atoms with E-state index in [1.165, 1.54) is 12.1 Å². The van der Waals surface area contributed by atoms with E-state index < -0.39 is 5.82 Å². The number of phenols is 1. The molecule has 0 heterocycles. The van der Waals surface area contributed by atoms with Gasteiger partial charge in [0.15, 0.2) is 0 Å². The Kier molecular flexibility index (Phi) is 1.39. The molecule has 0 atom stereocenters. The van der Waals surface area contributed by atoms with Crippen molar-refractivity contribution >= 4 is 0 Å². The van der Waals surface area contributed by atoms with Crippen molar-refractivity contribution in [3.63, 3.8) is 0 Å². The highest BCUT2D eigenvalue weighted by Crippen LogP contribution is 2.15. The number of aryl methyl sites for hydroxylation is 1. The van der Waals surface area contributed by atoms with E-state index in [2.05, 4.69) is 0 Å². The standard InChI is InChI=1S/C7H7FO/c1-5-2-3-6(8)4-7(5)9/h2-4,9H,1H3/i8-1. The molecule has 0 bridgehead atoms. The molecule has 0 amide bonds. The zero-order chi connectivity index (χ0) is 6.85. The Morgan fingerprint density at radius 1 is 1.44 bits per heavy atom. The van der Waals surface area contributed by atoms with Crippen molar-refractivity contribution in [2.24, 2.45) is 0 Å². The van der Waals surface area contributed by atoms with Gasteiger partial charge < -0.3 is 5.11 Å². The van der Waals surface area contributed by atoms with E-state index >= 15 is 0 Å². The van der Waals surface area contributed by atoms with Crippen molar-refractivity contribution in [3.8, 4) is 5.75 Å². The molecule has 0 aromatic heterocycles. The maximum Gasteiger partial charge on any atom is 0.126 e. The number of aromatic hydroxyl groups is 1. The highest BCUT2D eigenvalue weighted by Gasteiger charge is 1.94. The molecule has 1 aromatic rings. The van der Waals surface area contributed by atoms with Crippen molar-refractivity contribution in [2.75, 3.05) is 0 Å². The summed E-state index contributed by atoms with van der Waals surface area (Å²) in [5.41, 5.74) is 0.691. The summed E-state index contributed by atoms with van der Waals surface area (Å²) in [5, 5.41) is 8.86. The molecule has 2 heteroatoms. The fourth-order valence-corrected chi connectivity index (χ4v) is 0.583. The summed E-state index contributed by atoms with van der Waals surface area (Å²) < 4.78 is 12.2. The topological polar surface area (TPSA) is 20.2 Å². The van der Waals surface area contributed by atoms with E-state index in [0.717, 1.165) is 6.07 Å². The molecule has 0 unspecified atom stereocenters. The summed E-state index contributed by atoms with van der Waals surface area (Å²) in [6.45, 7) is 1.72. The third-order valence-corrected chi connectivity index (χ3v) is 1.17. The van der Waals surface area contributed by atoms with Crippen LogP contribution < -0.4 is 0 Å². The Balaban J connectivity index is 3.17. The molecule has 0 aliphatic rings. The normalized spacial score (nSPS) is 9.56. The first-order valence-corrected chi connectivity index (χ1v) is 2.65. The summed E-state index contributed by atoms with van der Waals surface area (Å²) in [4.78, 5) is 0. The van der Waals surface area contributed by atoms with E-state index in [9.17, 15) is 4.39 Å². The lowest BCUT2D eigenvalue weighted by molar-refractivity contribution is 0.465. The Hall–Kier alpha value is -1.05. The second-order valence-corrected chi connectivity index (χ2v) is 1.93. The minimum absolute atomic E-state index is 0.00926. The Bertz CT molecular complexity index is 220. The number of hydrogen-bond donors (Lipinski definition) is 1. The number of rotatable bonds is 0. The van der Waals surface area contributed by atoms with Gasteiger partial charge in [-0.25, -0.2) is 4.39 Å². The van der Waals surface area contributed by atoms with E-state index in [1.54, 1.807) is 6.92 Å². The molecule has 0 radical (unpaired) electrons.